The van der Waals surface area contributed by atoms with Gasteiger partial charge >= 0.3 is 0 Å². The fraction of sp³-hybridized carbons (Fsp3) is 0.280. The van der Waals surface area contributed by atoms with Crippen molar-refractivity contribution in [2.45, 2.75) is 33.2 Å². The Morgan fingerprint density at radius 2 is 1.63 bits per heavy atom. The highest BCUT2D eigenvalue weighted by atomic mass is 16.5. The predicted molar refractivity (Wildman–Crippen MR) is 121 cm³/mol. The first kappa shape index (κ1) is 21.4. The van der Waals surface area contributed by atoms with Crippen molar-refractivity contribution >= 4 is 28.3 Å². The van der Waals surface area contributed by atoms with E-state index in [0.29, 0.717) is 12.3 Å². The summed E-state index contributed by atoms with van der Waals surface area (Å²) in [6.45, 7) is 6.34. The molecular weight excluding hydrogens is 376 g/mol. The second-order valence-electron chi connectivity index (χ2n) is 7.55. The van der Waals surface area contributed by atoms with Crippen molar-refractivity contribution in [2.24, 2.45) is 5.92 Å². The van der Waals surface area contributed by atoms with Crippen molar-refractivity contribution < 1.29 is 14.3 Å². The number of rotatable bonds is 8. The normalized spacial score (nSPS) is 11.9. The summed E-state index contributed by atoms with van der Waals surface area (Å²) in [6, 6.07) is 20.5. The van der Waals surface area contributed by atoms with Crippen molar-refractivity contribution in [1.29, 1.82) is 0 Å². The van der Waals surface area contributed by atoms with E-state index in [9.17, 15) is 9.59 Å². The number of carbonyl (C=O) groups excluding carboxylic acids is 2. The van der Waals surface area contributed by atoms with Gasteiger partial charge in [-0.25, -0.2) is 0 Å². The largest absolute Gasteiger partial charge is 0.494 e. The van der Waals surface area contributed by atoms with Crippen LogP contribution in [0.1, 0.15) is 26.3 Å². The lowest BCUT2D eigenvalue weighted by molar-refractivity contribution is -0.127. The average molecular weight is 405 g/mol. The third kappa shape index (κ3) is 5.38. The Kier molecular flexibility index (Phi) is 7.07. The number of fused-ring (bicyclic) bond motifs is 1. The van der Waals surface area contributed by atoms with Crippen LogP contribution < -0.4 is 15.4 Å². The fourth-order valence-corrected chi connectivity index (χ4v) is 3.40. The summed E-state index contributed by atoms with van der Waals surface area (Å²) in [5.74, 6) is 0.288. The van der Waals surface area contributed by atoms with Gasteiger partial charge in [-0.15, -0.1) is 0 Å². The van der Waals surface area contributed by atoms with Crippen LogP contribution in [-0.2, 0) is 16.0 Å². The lowest BCUT2D eigenvalue weighted by atomic mass is 10.00. The first-order valence-electron chi connectivity index (χ1n) is 10.3. The molecule has 1 atom stereocenters. The average Bonchev–Trinajstić information content (AvgIpc) is 2.73. The van der Waals surface area contributed by atoms with Crippen molar-refractivity contribution in [3.05, 3.63) is 72.3 Å². The summed E-state index contributed by atoms with van der Waals surface area (Å²) in [4.78, 5) is 25.5. The predicted octanol–water partition coefficient (Wildman–Crippen LogP) is 4.56. The maximum atomic E-state index is 12.8. The highest BCUT2D eigenvalue weighted by Gasteiger charge is 2.24. The quantitative estimate of drug-likeness (QED) is 0.578. The zero-order valence-corrected chi connectivity index (χ0v) is 17.6. The zero-order chi connectivity index (χ0) is 21.5. The van der Waals surface area contributed by atoms with Gasteiger partial charge in [0.1, 0.15) is 11.8 Å². The minimum absolute atomic E-state index is 0.0517. The summed E-state index contributed by atoms with van der Waals surface area (Å²) >= 11 is 0. The third-order valence-corrected chi connectivity index (χ3v) is 4.93. The summed E-state index contributed by atoms with van der Waals surface area (Å²) in [6.07, 6.45) is 0.223. The Morgan fingerprint density at radius 3 is 2.33 bits per heavy atom. The van der Waals surface area contributed by atoms with Crippen LogP contribution in [-0.4, -0.2) is 24.5 Å². The van der Waals surface area contributed by atoms with E-state index in [1.807, 2.05) is 75.4 Å². The number of ether oxygens (including phenoxy) is 1. The van der Waals surface area contributed by atoms with Crippen molar-refractivity contribution in [3.63, 3.8) is 0 Å². The van der Waals surface area contributed by atoms with E-state index in [4.69, 9.17) is 4.74 Å². The Hall–Kier alpha value is -3.34. The van der Waals surface area contributed by atoms with Crippen molar-refractivity contribution in [1.82, 2.24) is 5.32 Å². The minimum Gasteiger partial charge on any atom is -0.494 e. The molecule has 2 N–H and O–H groups in total. The number of anilines is 1. The Morgan fingerprint density at radius 1 is 0.933 bits per heavy atom. The highest BCUT2D eigenvalue weighted by Crippen LogP contribution is 2.19. The van der Waals surface area contributed by atoms with Gasteiger partial charge in [0.05, 0.1) is 13.0 Å². The third-order valence-electron chi connectivity index (χ3n) is 4.93. The first-order valence-corrected chi connectivity index (χ1v) is 10.3. The maximum absolute atomic E-state index is 12.8. The Balaban J connectivity index is 1.66. The molecule has 0 saturated carbocycles. The topological polar surface area (TPSA) is 67.4 Å². The highest BCUT2D eigenvalue weighted by molar-refractivity contribution is 5.98. The van der Waals surface area contributed by atoms with Crippen LogP contribution in [0.15, 0.2) is 66.7 Å². The van der Waals surface area contributed by atoms with Crippen LogP contribution >= 0.6 is 0 Å². The van der Waals surface area contributed by atoms with Crippen LogP contribution in [0.5, 0.6) is 5.75 Å². The van der Waals surface area contributed by atoms with Crippen LogP contribution in [0.3, 0.4) is 0 Å². The second kappa shape index (κ2) is 9.92. The van der Waals surface area contributed by atoms with Crippen LogP contribution in [0.4, 0.5) is 5.69 Å². The van der Waals surface area contributed by atoms with Gasteiger partial charge in [0.2, 0.25) is 11.8 Å². The van der Waals surface area contributed by atoms with Gasteiger partial charge in [-0.1, -0.05) is 56.3 Å². The molecule has 0 aliphatic carbocycles. The molecule has 0 radical (unpaired) electrons. The van der Waals surface area contributed by atoms with E-state index in [1.54, 1.807) is 12.1 Å². The molecule has 5 nitrogen and oxygen atoms in total. The SMILES string of the molecule is CCOc1ccc(NC(=O)[C@@H](NC(=O)Cc2cccc3ccccc23)C(C)C)cc1. The fourth-order valence-electron chi connectivity index (χ4n) is 3.40. The van der Waals surface area contributed by atoms with E-state index in [-0.39, 0.29) is 24.2 Å². The lowest BCUT2D eigenvalue weighted by Gasteiger charge is -2.22. The molecule has 0 aliphatic heterocycles. The summed E-state index contributed by atoms with van der Waals surface area (Å²) in [5.41, 5.74) is 1.61. The number of carbonyl (C=O) groups is 2. The van der Waals surface area contributed by atoms with Crippen LogP contribution in [0.25, 0.3) is 10.8 Å². The molecule has 30 heavy (non-hydrogen) atoms. The summed E-state index contributed by atoms with van der Waals surface area (Å²) in [7, 11) is 0. The van der Waals surface area contributed by atoms with E-state index in [2.05, 4.69) is 10.6 Å². The molecule has 0 aromatic heterocycles. The molecule has 0 unspecified atom stereocenters. The molecule has 156 valence electrons. The molecule has 0 fully saturated rings. The number of nitrogens with one attached hydrogen (secondary N) is 2. The zero-order valence-electron chi connectivity index (χ0n) is 17.6. The van der Waals surface area contributed by atoms with Gasteiger partial charge in [0.25, 0.3) is 0 Å². The Labute approximate surface area is 177 Å². The van der Waals surface area contributed by atoms with E-state index in [1.165, 1.54) is 0 Å². The van der Waals surface area contributed by atoms with E-state index < -0.39 is 6.04 Å². The molecule has 0 bridgehead atoms. The molecule has 5 heteroatoms. The number of hydrogen-bond acceptors (Lipinski definition) is 3. The summed E-state index contributed by atoms with van der Waals surface area (Å²) < 4.78 is 5.42. The maximum Gasteiger partial charge on any atom is 0.247 e. The minimum atomic E-state index is -0.626. The number of hydrogen-bond donors (Lipinski definition) is 2. The molecule has 3 aromatic rings. The van der Waals surface area contributed by atoms with Gasteiger partial charge in [0, 0.05) is 5.69 Å². The molecule has 0 heterocycles. The van der Waals surface area contributed by atoms with Crippen molar-refractivity contribution in [2.75, 3.05) is 11.9 Å². The Bertz CT molecular complexity index is 1010. The lowest BCUT2D eigenvalue weighted by Crippen LogP contribution is -2.47. The molecule has 3 rings (SSSR count). The second-order valence-corrected chi connectivity index (χ2v) is 7.55. The monoisotopic (exact) mass is 404 g/mol. The molecule has 3 aromatic carbocycles. The van der Waals surface area contributed by atoms with Crippen LogP contribution in [0, 0.1) is 5.92 Å². The smallest absolute Gasteiger partial charge is 0.247 e. The van der Waals surface area contributed by atoms with Crippen molar-refractivity contribution in [3.8, 4) is 5.75 Å². The van der Waals surface area contributed by atoms with Crippen LogP contribution in [0.2, 0.25) is 0 Å². The van der Waals surface area contributed by atoms with Gasteiger partial charge < -0.3 is 15.4 Å². The summed E-state index contributed by atoms with van der Waals surface area (Å²) in [5, 5.41) is 7.93. The molecular formula is C25H28N2O3. The van der Waals surface area contributed by atoms with Gasteiger partial charge in [-0.3, -0.25) is 9.59 Å². The molecule has 0 saturated heterocycles. The van der Waals surface area contributed by atoms with E-state index >= 15 is 0 Å². The standard InChI is InChI=1S/C25H28N2O3/c1-4-30-21-14-12-20(13-15-21)26-25(29)24(17(2)3)27-23(28)16-19-10-7-9-18-8-5-6-11-22(18)19/h5-15,17,24H,4,16H2,1-3H3,(H,26,29)(H,27,28)/t24-/m0/s1. The molecule has 2 amide bonds. The molecule has 0 aliphatic rings. The first-order chi connectivity index (χ1) is 14.5. The van der Waals surface area contributed by atoms with Gasteiger partial charge in [-0.05, 0) is 53.4 Å². The molecule has 0 spiro atoms. The number of amides is 2. The van der Waals surface area contributed by atoms with E-state index in [0.717, 1.165) is 22.1 Å². The van der Waals surface area contributed by atoms with Gasteiger partial charge in [-0.2, -0.15) is 0 Å². The number of benzene rings is 3. The van der Waals surface area contributed by atoms with Gasteiger partial charge in [0.15, 0.2) is 0 Å².